The lowest BCUT2D eigenvalue weighted by molar-refractivity contribution is -0.152. The van der Waals surface area contributed by atoms with E-state index in [1.165, 1.54) is 4.90 Å². The molecule has 1 saturated heterocycles. The first kappa shape index (κ1) is 43.7. The molecule has 3 amide bonds. The minimum absolute atomic E-state index is 0.0209. The van der Waals surface area contributed by atoms with Crippen molar-refractivity contribution < 1.29 is 52.9 Å². The van der Waals surface area contributed by atoms with E-state index in [0.29, 0.717) is 12.8 Å². The van der Waals surface area contributed by atoms with Gasteiger partial charge in [0.25, 0.3) is 0 Å². The summed E-state index contributed by atoms with van der Waals surface area (Å²) in [5.74, 6) is -7.84. The first-order valence-electron chi connectivity index (χ1n) is 18.1. The largest absolute Gasteiger partial charge is 0.480 e. The van der Waals surface area contributed by atoms with Gasteiger partial charge in [0.1, 0.15) is 12.6 Å². The molecular formula is C38H55N3O11. The molecule has 0 aromatic heterocycles. The number of aliphatic carboxylic acids is 1. The van der Waals surface area contributed by atoms with E-state index >= 15 is 0 Å². The van der Waals surface area contributed by atoms with Gasteiger partial charge in [0, 0.05) is 38.1 Å². The number of rotatable bonds is 24. The summed E-state index contributed by atoms with van der Waals surface area (Å²) in [4.78, 5) is 104. The number of nitrogens with zero attached hydrogens (tertiary/aromatic N) is 1. The molecule has 0 saturated carbocycles. The number of hydrogen-bond acceptors (Lipinski definition) is 10. The van der Waals surface area contributed by atoms with Gasteiger partial charge in [-0.05, 0) is 36.7 Å². The van der Waals surface area contributed by atoms with Gasteiger partial charge in [-0.25, -0.2) is 4.79 Å². The van der Waals surface area contributed by atoms with Crippen molar-refractivity contribution in [2.24, 2.45) is 29.4 Å². The third kappa shape index (κ3) is 14.6. The maximum absolute atomic E-state index is 13.9. The molecule has 1 aromatic rings. The summed E-state index contributed by atoms with van der Waals surface area (Å²) in [6, 6.07) is 7.28. The van der Waals surface area contributed by atoms with Crippen LogP contribution in [-0.2, 0) is 54.3 Å². The van der Waals surface area contributed by atoms with Crippen LogP contribution in [0.2, 0.25) is 0 Å². The zero-order valence-corrected chi connectivity index (χ0v) is 31.0. The highest BCUT2D eigenvalue weighted by atomic mass is 16.5. The highest BCUT2D eigenvalue weighted by molar-refractivity contribution is 6.38. The van der Waals surface area contributed by atoms with Crippen LogP contribution >= 0.6 is 0 Å². The van der Waals surface area contributed by atoms with Gasteiger partial charge in [-0.2, -0.15) is 0 Å². The number of amides is 3. The fourth-order valence-corrected chi connectivity index (χ4v) is 6.11. The molecule has 1 fully saturated rings. The van der Waals surface area contributed by atoms with E-state index in [9.17, 15) is 38.4 Å². The number of likely N-dealkylation sites (tertiary alicyclic amines) is 1. The van der Waals surface area contributed by atoms with E-state index in [2.05, 4.69) is 5.32 Å². The molecule has 1 aromatic carbocycles. The third-order valence-electron chi connectivity index (χ3n) is 9.00. The Morgan fingerprint density at radius 1 is 0.962 bits per heavy atom. The van der Waals surface area contributed by atoms with Crippen LogP contribution in [-0.4, -0.2) is 95.0 Å². The van der Waals surface area contributed by atoms with Crippen molar-refractivity contribution in [1.29, 1.82) is 0 Å². The summed E-state index contributed by atoms with van der Waals surface area (Å²) < 4.78 is 10.8. The smallest absolute Gasteiger partial charge is 0.329 e. The number of primary amides is 1. The number of carboxylic acids is 1. The van der Waals surface area contributed by atoms with Crippen molar-refractivity contribution in [3.8, 4) is 0 Å². The summed E-state index contributed by atoms with van der Waals surface area (Å²) in [5, 5.41) is 11.7. The van der Waals surface area contributed by atoms with Crippen LogP contribution in [0.25, 0.3) is 0 Å². The number of ketones is 3. The minimum atomic E-state index is -1.22. The molecular weight excluding hydrogens is 674 g/mol. The monoisotopic (exact) mass is 729 g/mol. The lowest BCUT2D eigenvalue weighted by Gasteiger charge is -2.30. The molecule has 52 heavy (non-hydrogen) atoms. The normalized spacial score (nSPS) is 17.3. The first-order valence-corrected chi connectivity index (χ1v) is 18.1. The maximum Gasteiger partial charge on any atom is 0.329 e. The number of carbonyl (C=O) groups is 8. The molecule has 4 N–H and O–H groups in total. The average molecular weight is 730 g/mol. The molecule has 0 radical (unpaired) electrons. The molecule has 14 heteroatoms. The summed E-state index contributed by atoms with van der Waals surface area (Å²) in [7, 11) is 0. The highest BCUT2D eigenvalue weighted by Crippen LogP contribution is 2.30. The van der Waals surface area contributed by atoms with Crippen LogP contribution < -0.4 is 11.1 Å². The van der Waals surface area contributed by atoms with Gasteiger partial charge in [0.05, 0.1) is 31.1 Å². The van der Waals surface area contributed by atoms with E-state index < -0.39 is 90.1 Å². The molecule has 1 aliphatic heterocycles. The summed E-state index contributed by atoms with van der Waals surface area (Å²) in [6.45, 7) is 8.54. The van der Waals surface area contributed by atoms with Gasteiger partial charge in [0.15, 0.2) is 11.6 Å². The molecule has 3 unspecified atom stereocenters. The Hall–Kier alpha value is -4.46. The van der Waals surface area contributed by atoms with Crippen LogP contribution in [0.5, 0.6) is 0 Å². The van der Waals surface area contributed by atoms with E-state index in [1.54, 1.807) is 20.8 Å². The van der Waals surface area contributed by atoms with Gasteiger partial charge >= 0.3 is 11.9 Å². The van der Waals surface area contributed by atoms with Crippen LogP contribution in [0.3, 0.4) is 0 Å². The van der Waals surface area contributed by atoms with Gasteiger partial charge in [-0.15, -0.1) is 0 Å². The fourth-order valence-electron chi connectivity index (χ4n) is 6.11. The van der Waals surface area contributed by atoms with Gasteiger partial charge in [-0.3, -0.25) is 33.6 Å². The van der Waals surface area contributed by atoms with E-state index in [-0.39, 0.29) is 63.5 Å². The molecule has 2 rings (SSSR count). The number of ether oxygens (including phenoxy) is 2. The Labute approximate surface area is 305 Å². The summed E-state index contributed by atoms with van der Waals surface area (Å²) >= 11 is 0. The van der Waals surface area contributed by atoms with Gasteiger partial charge in [-0.1, -0.05) is 71.4 Å². The molecule has 14 nitrogen and oxygen atoms in total. The van der Waals surface area contributed by atoms with Crippen LogP contribution in [0.15, 0.2) is 30.3 Å². The molecule has 1 aliphatic rings. The number of benzene rings is 1. The number of aryl methyl sites for hydroxylation is 1. The highest BCUT2D eigenvalue weighted by Gasteiger charge is 2.44. The van der Waals surface area contributed by atoms with Crippen molar-refractivity contribution in [3.05, 3.63) is 35.9 Å². The van der Waals surface area contributed by atoms with Crippen molar-refractivity contribution in [3.63, 3.8) is 0 Å². The molecule has 0 aliphatic carbocycles. The molecule has 288 valence electrons. The lowest BCUT2D eigenvalue weighted by Crippen LogP contribution is -2.46. The Morgan fingerprint density at radius 2 is 1.63 bits per heavy atom. The second kappa shape index (κ2) is 21.8. The Balaban J connectivity index is 2.12. The van der Waals surface area contributed by atoms with Crippen molar-refractivity contribution in [1.82, 2.24) is 10.2 Å². The van der Waals surface area contributed by atoms with Crippen molar-refractivity contribution in [2.75, 3.05) is 19.8 Å². The Morgan fingerprint density at radius 3 is 2.21 bits per heavy atom. The molecule has 1 heterocycles. The predicted octanol–water partition coefficient (Wildman–Crippen LogP) is 2.82. The first-order chi connectivity index (χ1) is 24.5. The van der Waals surface area contributed by atoms with E-state index in [1.807, 2.05) is 44.2 Å². The Kier molecular flexibility index (Phi) is 18.3. The number of carboxylic acid groups (broad SMARTS) is 1. The Bertz CT molecular complexity index is 1410. The predicted molar refractivity (Wildman–Crippen MR) is 189 cm³/mol. The standard InChI is InChI=1S/C38H55N3O11/c1-6-10-26(36(48)31(42)15-16-33(44)40-29(37(39)49)14-13-25-11-8-7-9-12-25)17-32(43)30-18-27(51-22-34(45)46)20-41(30)38(50)28(24(4)5)19-35(47)52-21-23(2)3/h7-9,11-12,23-24,26-30H,6,10,13-22H2,1-5H3,(H2,39,49)(H,40,44)(H,45,46)/t26?,27-,28?,29?,30+/m1/s1. The van der Waals surface area contributed by atoms with E-state index in [4.69, 9.17) is 20.3 Å². The third-order valence-corrected chi connectivity index (χ3v) is 9.00. The number of nitrogens with one attached hydrogen (secondary N) is 1. The zero-order chi connectivity index (χ0) is 39.0. The number of nitrogens with two attached hydrogens (primary N) is 1. The maximum atomic E-state index is 13.9. The number of hydrogen-bond donors (Lipinski definition) is 3. The quantitative estimate of drug-likeness (QED) is 0.104. The molecule has 0 bridgehead atoms. The number of carbonyl (C=O) groups excluding carboxylic acids is 7. The van der Waals surface area contributed by atoms with E-state index in [0.717, 1.165) is 5.56 Å². The van der Waals surface area contributed by atoms with Crippen molar-refractivity contribution >= 4 is 47.0 Å². The number of esters is 1. The van der Waals surface area contributed by atoms with Crippen molar-refractivity contribution in [2.45, 2.75) is 111 Å². The minimum Gasteiger partial charge on any atom is -0.480 e. The SMILES string of the molecule is CCCC(CC(=O)[C@@H]1C[C@@H](OCC(=O)O)CN1C(=O)C(CC(=O)OCC(C)C)C(C)C)C(=O)C(=O)CCC(=O)NC(CCc1ccccc1)C(N)=O. The second-order valence-electron chi connectivity index (χ2n) is 14.2. The summed E-state index contributed by atoms with van der Waals surface area (Å²) in [5.41, 5.74) is 6.43. The summed E-state index contributed by atoms with van der Waals surface area (Å²) in [6.07, 6.45) is -0.794. The van der Waals surface area contributed by atoms with Gasteiger partial charge in [0.2, 0.25) is 23.5 Å². The van der Waals surface area contributed by atoms with Crippen LogP contribution in [0.4, 0.5) is 0 Å². The number of Topliss-reactive ketones (excluding diaryl/α,β-unsaturated/α-hetero) is 3. The van der Waals surface area contributed by atoms with Gasteiger partial charge < -0.3 is 30.5 Å². The zero-order valence-electron chi connectivity index (χ0n) is 31.0. The fraction of sp³-hybridized carbons (Fsp3) is 0.632. The van der Waals surface area contributed by atoms with Crippen LogP contribution in [0.1, 0.15) is 91.5 Å². The second-order valence-corrected chi connectivity index (χ2v) is 14.2. The topological polar surface area (TPSA) is 217 Å². The molecule has 0 spiro atoms. The lowest BCUT2D eigenvalue weighted by atomic mass is 9.87. The average Bonchev–Trinajstić information content (AvgIpc) is 3.53. The van der Waals surface area contributed by atoms with Crippen LogP contribution in [0, 0.1) is 23.7 Å². The molecule has 5 atom stereocenters.